The Morgan fingerprint density at radius 1 is 1.30 bits per heavy atom. The quantitative estimate of drug-likeness (QED) is 0.836. The zero-order valence-electron chi connectivity index (χ0n) is 12.8. The Morgan fingerprint density at radius 3 is 2.55 bits per heavy atom. The van der Waals surface area contributed by atoms with E-state index >= 15 is 0 Å². The van der Waals surface area contributed by atoms with Crippen LogP contribution in [0.1, 0.15) is 38.3 Å². The Kier molecular flexibility index (Phi) is 6.70. The number of nitrogens with zero attached hydrogens (tertiary/aromatic N) is 1. The highest BCUT2D eigenvalue weighted by Crippen LogP contribution is 2.16. The predicted octanol–water partition coefficient (Wildman–Crippen LogP) is 3.04. The zero-order chi connectivity index (χ0) is 15.1. The first kappa shape index (κ1) is 16.7. The van der Waals surface area contributed by atoms with E-state index in [-0.39, 0.29) is 12.4 Å². The van der Waals surface area contributed by atoms with Gasteiger partial charge in [0.1, 0.15) is 12.4 Å². The number of hydrogen-bond donors (Lipinski definition) is 1. The average Bonchev–Trinajstić information content (AvgIpc) is 2.38. The van der Waals surface area contributed by atoms with E-state index in [1.807, 2.05) is 7.05 Å². The summed E-state index contributed by atoms with van der Waals surface area (Å²) in [7, 11) is 2.02. The third kappa shape index (κ3) is 5.32. The van der Waals surface area contributed by atoms with Crippen LogP contribution in [0.25, 0.3) is 0 Å². The molecule has 0 saturated carbocycles. The van der Waals surface area contributed by atoms with Gasteiger partial charge in [0, 0.05) is 23.7 Å². The van der Waals surface area contributed by atoms with Gasteiger partial charge in [0.2, 0.25) is 0 Å². The zero-order valence-corrected chi connectivity index (χ0v) is 12.8. The van der Waals surface area contributed by atoms with Gasteiger partial charge in [-0.3, -0.25) is 4.90 Å². The van der Waals surface area contributed by atoms with E-state index < -0.39 is 0 Å². The molecule has 1 unspecified atom stereocenters. The van der Waals surface area contributed by atoms with E-state index in [4.69, 9.17) is 5.11 Å². The van der Waals surface area contributed by atoms with Gasteiger partial charge in [-0.05, 0) is 38.4 Å². The van der Waals surface area contributed by atoms with E-state index in [2.05, 4.69) is 37.5 Å². The minimum atomic E-state index is -0.238. The van der Waals surface area contributed by atoms with E-state index in [9.17, 15) is 4.39 Å². The molecule has 0 aliphatic heterocycles. The van der Waals surface area contributed by atoms with Crippen molar-refractivity contribution in [2.45, 2.75) is 39.8 Å². The highest BCUT2D eigenvalue weighted by molar-refractivity contribution is 5.37. The van der Waals surface area contributed by atoms with Gasteiger partial charge in [0.25, 0.3) is 0 Å². The molecule has 0 bridgehead atoms. The molecule has 1 atom stereocenters. The average molecular weight is 277 g/mol. The van der Waals surface area contributed by atoms with Crippen molar-refractivity contribution in [3.63, 3.8) is 0 Å². The Morgan fingerprint density at radius 2 is 2.00 bits per heavy atom. The second kappa shape index (κ2) is 8.04. The predicted molar refractivity (Wildman–Crippen MR) is 80.7 cm³/mol. The van der Waals surface area contributed by atoms with E-state index in [0.29, 0.717) is 29.6 Å². The monoisotopic (exact) mass is 277 g/mol. The Labute approximate surface area is 121 Å². The van der Waals surface area contributed by atoms with Gasteiger partial charge in [-0.1, -0.05) is 31.8 Å². The molecule has 0 aromatic heterocycles. The van der Waals surface area contributed by atoms with Crippen molar-refractivity contribution in [2.24, 2.45) is 5.92 Å². The molecule has 110 valence electrons. The molecule has 0 aliphatic rings. The second-order valence-electron chi connectivity index (χ2n) is 5.66. The summed E-state index contributed by atoms with van der Waals surface area (Å²) in [6, 6.07) is 5.42. The highest BCUT2D eigenvalue weighted by Gasteiger charge is 2.13. The molecule has 1 aromatic rings. The lowest BCUT2D eigenvalue weighted by Gasteiger charge is -2.26. The molecule has 0 amide bonds. The summed E-state index contributed by atoms with van der Waals surface area (Å²) in [5, 5.41) is 8.63. The molecule has 0 fully saturated rings. The summed E-state index contributed by atoms with van der Waals surface area (Å²) in [5.74, 6) is 5.63. The number of aliphatic hydroxyl groups is 1. The fourth-order valence-electron chi connectivity index (χ4n) is 2.18. The van der Waals surface area contributed by atoms with Crippen LogP contribution in [0.2, 0.25) is 0 Å². The normalized spacial score (nSPS) is 12.4. The molecule has 0 radical (unpaired) electrons. The maximum absolute atomic E-state index is 14.0. The van der Waals surface area contributed by atoms with Crippen molar-refractivity contribution in [3.05, 3.63) is 35.1 Å². The summed E-state index contributed by atoms with van der Waals surface area (Å²) in [6.07, 6.45) is 1.10. The van der Waals surface area contributed by atoms with Gasteiger partial charge in [0.15, 0.2) is 0 Å². The van der Waals surface area contributed by atoms with Gasteiger partial charge < -0.3 is 5.11 Å². The van der Waals surface area contributed by atoms with Crippen molar-refractivity contribution in [2.75, 3.05) is 13.7 Å². The van der Waals surface area contributed by atoms with Crippen molar-refractivity contribution in [1.29, 1.82) is 0 Å². The molecular weight excluding hydrogens is 253 g/mol. The maximum atomic E-state index is 14.0. The fourth-order valence-corrected chi connectivity index (χ4v) is 2.18. The molecular formula is C17H24FNO. The molecule has 0 saturated heterocycles. The van der Waals surface area contributed by atoms with E-state index in [1.54, 1.807) is 12.1 Å². The van der Waals surface area contributed by atoms with Crippen LogP contribution >= 0.6 is 0 Å². The van der Waals surface area contributed by atoms with Crippen molar-refractivity contribution < 1.29 is 9.50 Å². The van der Waals surface area contributed by atoms with Crippen LogP contribution in [0.5, 0.6) is 0 Å². The minimum Gasteiger partial charge on any atom is -0.384 e. The summed E-state index contributed by atoms with van der Waals surface area (Å²) < 4.78 is 14.0. The van der Waals surface area contributed by atoms with E-state index in [1.165, 1.54) is 6.07 Å². The van der Waals surface area contributed by atoms with Crippen LogP contribution < -0.4 is 0 Å². The van der Waals surface area contributed by atoms with Crippen molar-refractivity contribution >= 4 is 0 Å². The number of hydrogen-bond acceptors (Lipinski definition) is 2. The van der Waals surface area contributed by atoms with Crippen LogP contribution in [0.15, 0.2) is 18.2 Å². The summed E-state index contributed by atoms with van der Waals surface area (Å²) >= 11 is 0. The number of rotatable bonds is 5. The summed E-state index contributed by atoms with van der Waals surface area (Å²) in [6.45, 7) is 6.93. The number of benzene rings is 1. The number of aliphatic hydroxyl groups excluding tert-OH is 1. The lowest BCUT2D eigenvalue weighted by Crippen LogP contribution is -2.30. The topological polar surface area (TPSA) is 23.5 Å². The van der Waals surface area contributed by atoms with Gasteiger partial charge in [-0.15, -0.1) is 0 Å². The van der Waals surface area contributed by atoms with E-state index in [0.717, 1.165) is 6.42 Å². The Balaban J connectivity index is 2.73. The van der Waals surface area contributed by atoms with Crippen molar-refractivity contribution in [3.8, 4) is 11.8 Å². The third-order valence-electron chi connectivity index (χ3n) is 3.35. The SMILES string of the molecule is CC(C)CC(C)N(C)Cc1ccc(C#CCO)cc1F. The summed E-state index contributed by atoms with van der Waals surface area (Å²) in [5.41, 5.74) is 1.27. The van der Waals surface area contributed by atoms with Crippen LogP contribution in [-0.2, 0) is 6.54 Å². The van der Waals surface area contributed by atoms with Gasteiger partial charge in [-0.2, -0.15) is 0 Å². The molecule has 20 heavy (non-hydrogen) atoms. The largest absolute Gasteiger partial charge is 0.384 e. The minimum absolute atomic E-state index is 0.209. The Hall–Kier alpha value is -1.37. The van der Waals surface area contributed by atoms with Gasteiger partial charge in [0.05, 0.1) is 0 Å². The lowest BCUT2D eigenvalue weighted by molar-refractivity contribution is 0.218. The standard InChI is InChI=1S/C17H24FNO/c1-13(2)10-14(3)19(4)12-16-8-7-15(6-5-9-20)11-17(16)18/h7-8,11,13-14,20H,9-10,12H2,1-4H3. The molecule has 3 heteroatoms. The van der Waals surface area contributed by atoms with Crippen molar-refractivity contribution in [1.82, 2.24) is 4.90 Å². The smallest absolute Gasteiger partial charge is 0.128 e. The molecule has 1 N–H and O–H groups in total. The molecule has 2 nitrogen and oxygen atoms in total. The molecule has 0 spiro atoms. The molecule has 1 rings (SSSR count). The summed E-state index contributed by atoms with van der Waals surface area (Å²) in [4.78, 5) is 2.16. The van der Waals surface area contributed by atoms with Crippen LogP contribution in [0.3, 0.4) is 0 Å². The van der Waals surface area contributed by atoms with Gasteiger partial charge in [-0.25, -0.2) is 4.39 Å². The molecule has 1 aromatic carbocycles. The third-order valence-corrected chi connectivity index (χ3v) is 3.35. The second-order valence-corrected chi connectivity index (χ2v) is 5.66. The molecule has 0 aliphatic carbocycles. The maximum Gasteiger partial charge on any atom is 0.128 e. The fraction of sp³-hybridized carbons (Fsp3) is 0.529. The first-order valence-electron chi connectivity index (χ1n) is 7.02. The number of halogens is 1. The van der Waals surface area contributed by atoms with Crippen LogP contribution in [0, 0.1) is 23.6 Å². The lowest BCUT2D eigenvalue weighted by atomic mass is 10.0. The van der Waals surface area contributed by atoms with Gasteiger partial charge >= 0.3 is 0 Å². The van der Waals surface area contributed by atoms with Crippen LogP contribution in [-0.4, -0.2) is 29.7 Å². The Bertz CT molecular complexity index is 487. The first-order valence-corrected chi connectivity index (χ1v) is 7.02. The highest BCUT2D eigenvalue weighted by atomic mass is 19.1. The van der Waals surface area contributed by atoms with Crippen LogP contribution in [0.4, 0.5) is 4.39 Å². The first-order chi connectivity index (χ1) is 9.43. The molecule has 0 heterocycles.